The van der Waals surface area contributed by atoms with E-state index in [2.05, 4.69) is 5.32 Å². The fourth-order valence-electron chi connectivity index (χ4n) is 2.04. The van der Waals surface area contributed by atoms with Crippen LogP contribution in [-0.4, -0.2) is 26.7 Å². The summed E-state index contributed by atoms with van der Waals surface area (Å²) in [5.74, 6) is -0.337. The molecule has 0 bridgehead atoms. The van der Waals surface area contributed by atoms with Gasteiger partial charge in [0.2, 0.25) is 0 Å². The maximum Gasteiger partial charge on any atom is 0.330 e. The van der Waals surface area contributed by atoms with Crippen LogP contribution >= 0.6 is 0 Å². The molecule has 1 aromatic heterocycles. The first-order valence-electron chi connectivity index (χ1n) is 6.73. The van der Waals surface area contributed by atoms with Crippen LogP contribution in [0.15, 0.2) is 40.1 Å². The van der Waals surface area contributed by atoms with Gasteiger partial charge in [0.1, 0.15) is 11.3 Å². The van der Waals surface area contributed by atoms with Crippen LogP contribution in [0, 0.1) is 0 Å². The lowest BCUT2D eigenvalue weighted by atomic mass is 10.1. The molecule has 0 radical (unpaired) electrons. The van der Waals surface area contributed by atoms with Crippen molar-refractivity contribution >= 4 is 5.91 Å². The van der Waals surface area contributed by atoms with Crippen molar-refractivity contribution in [3.05, 3.63) is 62.4 Å². The minimum Gasteiger partial charge on any atom is -0.508 e. The third-order valence-electron chi connectivity index (χ3n) is 3.33. The van der Waals surface area contributed by atoms with E-state index in [0.29, 0.717) is 13.0 Å². The molecule has 22 heavy (non-hydrogen) atoms. The average molecular weight is 303 g/mol. The van der Waals surface area contributed by atoms with Gasteiger partial charge in [0.15, 0.2) is 0 Å². The van der Waals surface area contributed by atoms with E-state index in [1.54, 1.807) is 24.3 Å². The zero-order valence-electron chi connectivity index (χ0n) is 12.4. The number of rotatable bonds is 4. The number of phenols is 1. The number of carbonyl (C=O) groups excluding carboxylic acids is 1. The van der Waals surface area contributed by atoms with Crippen LogP contribution in [0.3, 0.4) is 0 Å². The van der Waals surface area contributed by atoms with Gasteiger partial charge < -0.3 is 15.0 Å². The molecular weight excluding hydrogens is 286 g/mol. The molecule has 0 unspecified atom stereocenters. The summed E-state index contributed by atoms with van der Waals surface area (Å²) in [6, 6.07) is 6.65. The lowest BCUT2D eigenvalue weighted by molar-refractivity contribution is 0.0951. The number of hydrogen-bond acceptors (Lipinski definition) is 4. The Bertz CT molecular complexity index is 803. The molecule has 116 valence electrons. The standard InChI is InChI=1S/C15H17N3O4/c1-17-9-12(14(21)18(2)15(17)22)13(20)16-8-7-10-3-5-11(19)6-4-10/h3-6,9,19H,7-8H2,1-2H3,(H,16,20). The van der Waals surface area contributed by atoms with Gasteiger partial charge in [-0.3, -0.25) is 14.2 Å². The molecule has 0 spiro atoms. The van der Waals surface area contributed by atoms with E-state index in [1.165, 1.54) is 24.9 Å². The summed E-state index contributed by atoms with van der Waals surface area (Å²) in [5.41, 5.74) is -0.224. The van der Waals surface area contributed by atoms with Crippen molar-refractivity contribution in [3.8, 4) is 5.75 Å². The fraction of sp³-hybridized carbons (Fsp3) is 0.267. The number of nitrogens with zero attached hydrogens (tertiary/aromatic N) is 2. The van der Waals surface area contributed by atoms with Crippen molar-refractivity contribution in [2.75, 3.05) is 6.54 Å². The van der Waals surface area contributed by atoms with E-state index in [9.17, 15) is 19.5 Å². The first kappa shape index (κ1) is 15.6. The highest BCUT2D eigenvalue weighted by Crippen LogP contribution is 2.09. The normalized spacial score (nSPS) is 10.5. The van der Waals surface area contributed by atoms with Crippen molar-refractivity contribution in [2.24, 2.45) is 14.1 Å². The summed E-state index contributed by atoms with van der Waals surface area (Å²) in [5, 5.41) is 11.8. The molecular formula is C15H17N3O4. The van der Waals surface area contributed by atoms with Gasteiger partial charge in [-0.2, -0.15) is 0 Å². The molecule has 0 aliphatic carbocycles. The molecule has 0 aliphatic rings. The third-order valence-corrected chi connectivity index (χ3v) is 3.33. The Balaban J connectivity index is 2.06. The lowest BCUT2D eigenvalue weighted by Crippen LogP contribution is -2.42. The molecule has 0 fully saturated rings. The molecule has 0 aliphatic heterocycles. The molecule has 1 aromatic carbocycles. The lowest BCUT2D eigenvalue weighted by Gasteiger charge is -2.08. The fourth-order valence-corrected chi connectivity index (χ4v) is 2.04. The molecule has 2 N–H and O–H groups in total. The SMILES string of the molecule is Cn1cc(C(=O)NCCc2ccc(O)cc2)c(=O)n(C)c1=O. The number of aromatic hydroxyl groups is 1. The predicted molar refractivity (Wildman–Crippen MR) is 81.1 cm³/mol. The van der Waals surface area contributed by atoms with Crippen LogP contribution in [0.1, 0.15) is 15.9 Å². The van der Waals surface area contributed by atoms with Gasteiger partial charge >= 0.3 is 5.69 Å². The van der Waals surface area contributed by atoms with Crippen molar-refractivity contribution in [2.45, 2.75) is 6.42 Å². The van der Waals surface area contributed by atoms with Gasteiger partial charge in [-0.05, 0) is 24.1 Å². The highest BCUT2D eigenvalue weighted by molar-refractivity contribution is 5.93. The Kier molecular flexibility index (Phi) is 4.45. The first-order valence-corrected chi connectivity index (χ1v) is 6.73. The molecule has 7 heteroatoms. The third kappa shape index (κ3) is 3.25. The maximum absolute atomic E-state index is 12.0. The molecule has 0 saturated heterocycles. The van der Waals surface area contributed by atoms with E-state index in [0.717, 1.165) is 10.1 Å². The summed E-state index contributed by atoms with van der Waals surface area (Å²) >= 11 is 0. The quantitative estimate of drug-likeness (QED) is 0.815. The number of phenolic OH excluding ortho intramolecular Hbond substituents is 1. The van der Waals surface area contributed by atoms with Crippen molar-refractivity contribution in [3.63, 3.8) is 0 Å². The van der Waals surface area contributed by atoms with Gasteiger partial charge in [0.05, 0.1) is 0 Å². The summed E-state index contributed by atoms with van der Waals surface area (Å²) in [6.45, 7) is 0.343. The van der Waals surface area contributed by atoms with E-state index in [4.69, 9.17) is 0 Å². The summed E-state index contributed by atoms with van der Waals surface area (Å²) in [6.07, 6.45) is 1.80. The predicted octanol–water partition coefficient (Wildman–Crippen LogP) is -0.238. The van der Waals surface area contributed by atoms with E-state index >= 15 is 0 Å². The summed E-state index contributed by atoms with van der Waals surface area (Å²) in [7, 11) is 2.81. The van der Waals surface area contributed by atoms with Gasteiger partial charge in [0, 0.05) is 26.8 Å². The highest BCUT2D eigenvalue weighted by Gasteiger charge is 2.14. The Morgan fingerprint density at radius 2 is 1.82 bits per heavy atom. The van der Waals surface area contributed by atoms with Crippen LogP contribution in [0.25, 0.3) is 0 Å². The smallest absolute Gasteiger partial charge is 0.330 e. The first-order chi connectivity index (χ1) is 10.4. The van der Waals surface area contributed by atoms with Crippen molar-refractivity contribution in [1.29, 1.82) is 0 Å². The van der Waals surface area contributed by atoms with E-state index in [-0.39, 0.29) is 11.3 Å². The van der Waals surface area contributed by atoms with Crippen LogP contribution < -0.4 is 16.6 Å². The van der Waals surface area contributed by atoms with Crippen LogP contribution in [0.2, 0.25) is 0 Å². The molecule has 0 saturated carbocycles. The van der Waals surface area contributed by atoms with Crippen molar-refractivity contribution in [1.82, 2.24) is 14.5 Å². The molecule has 1 heterocycles. The average Bonchev–Trinajstić information content (AvgIpc) is 2.50. The van der Waals surface area contributed by atoms with Crippen molar-refractivity contribution < 1.29 is 9.90 Å². The highest BCUT2D eigenvalue weighted by atomic mass is 16.3. The number of carbonyl (C=O) groups is 1. The minimum absolute atomic E-state index is 0.0738. The topological polar surface area (TPSA) is 93.3 Å². The molecule has 7 nitrogen and oxygen atoms in total. The zero-order valence-corrected chi connectivity index (χ0v) is 12.4. The van der Waals surface area contributed by atoms with Gasteiger partial charge in [-0.15, -0.1) is 0 Å². The van der Waals surface area contributed by atoms with E-state index in [1.807, 2.05) is 0 Å². The van der Waals surface area contributed by atoms with Gasteiger partial charge in [-0.1, -0.05) is 12.1 Å². The van der Waals surface area contributed by atoms with Gasteiger partial charge in [-0.25, -0.2) is 4.79 Å². The molecule has 2 aromatic rings. The van der Waals surface area contributed by atoms with Crippen LogP contribution in [0.4, 0.5) is 0 Å². The second kappa shape index (κ2) is 6.30. The molecule has 2 rings (SSSR count). The number of amides is 1. The Labute approximate surface area is 126 Å². The number of benzene rings is 1. The Hall–Kier alpha value is -2.83. The summed E-state index contributed by atoms with van der Waals surface area (Å²) < 4.78 is 2.09. The number of aryl methyl sites for hydroxylation is 1. The van der Waals surface area contributed by atoms with Crippen LogP contribution in [-0.2, 0) is 20.5 Å². The second-order valence-corrected chi connectivity index (χ2v) is 4.97. The number of hydrogen-bond donors (Lipinski definition) is 2. The Morgan fingerprint density at radius 3 is 2.45 bits per heavy atom. The van der Waals surface area contributed by atoms with Crippen LogP contribution in [0.5, 0.6) is 5.75 Å². The molecule has 1 amide bonds. The number of aromatic nitrogens is 2. The zero-order chi connectivity index (χ0) is 16.3. The monoisotopic (exact) mass is 303 g/mol. The minimum atomic E-state index is -0.620. The Morgan fingerprint density at radius 1 is 1.18 bits per heavy atom. The number of nitrogens with one attached hydrogen (secondary N) is 1. The van der Waals surface area contributed by atoms with Gasteiger partial charge in [0.25, 0.3) is 11.5 Å². The molecule has 0 atom stereocenters. The second-order valence-electron chi connectivity index (χ2n) is 4.97. The maximum atomic E-state index is 12.0. The van der Waals surface area contributed by atoms with E-state index < -0.39 is 17.2 Å². The largest absolute Gasteiger partial charge is 0.508 e. The summed E-state index contributed by atoms with van der Waals surface area (Å²) in [4.78, 5) is 35.5.